The molecule has 0 aliphatic carbocycles. The number of nitrogens with one attached hydrogen (secondary N) is 1. The number of rotatable bonds is 5. The van der Waals surface area contributed by atoms with Gasteiger partial charge >= 0.3 is 0 Å². The lowest BCUT2D eigenvalue weighted by atomic mass is 9.97. The van der Waals surface area contributed by atoms with Gasteiger partial charge in [-0.15, -0.1) is 0 Å². The predicted molar refractivity (Wildman–Crippen MR) is 110 cm³/mol. The quantitative estimate of drug-likeness (QED) is 0.560. The number of benzene rings is 2. The van der Waals surface area contributed by atoms with Crippen LogP contribution in [-0.4, -0.2) is 17.0 Å². The Morgan fingerprint density at radius 3 is 2.48 bits per heavy atom. The zero-order valence-electron chi connectivity index (χ0n) is 16.1. The van der Waals surface area contributed by atoms with Crippen LogP contribution in [0.4, 0.5) is 0 Å². The number of hydrogen-bond donors (Lipinski definition) is 1. The van der Waals surface area contributed by atoms with E-state index < -0.39 is 0 Å². The standard InChI is InChI=1S/C24H26N2O/c1-3-13-25-23(27)15-21-17(2)22-14-19-11-7-8-12-20(19)16-26(22)24(21)18-9-5-4-6-10-18/h4-12H,3,13-16H2,1-2H3,(H,25,27). The van der Waals surface area contributed by atoms with Crippen molar-refractivity contribution in [2.24, 2.45) is 0 Å². The van der Waals surface area contributed by atoms with Gasteiger partial charge in [-0.25, -0.2) is 0 Å². The fourth-order valence-corrected chi connectivity index (χ4v) is 4.12. The zero-order chi connectivity index (χ0) is 18.8. The largest absolute Gasteiger partial charge is 0.356 e. The minimum absolute atomic E-state index is 0.109. The number of hydrogen-bond acceptors (Lipinski definition) is 1. The van der Waals surface area contributed by atoms with Crippen molar-refractivity contribution in [2.45, 2.75) is 39.7 Å². The van der Waals surface area contributed by atoms with Crippen LogP contribution < -0.4 is 5.32 Å². The maximum Gasteiger partial charge on any atom is 0.224 e. The van der Waals surface area contributed by atoms with E-state index >= 15 is 0 Å². The van der Waals surface area contributed by atoms with E-state index in [1.165, 1.54) is 33.6 Å². The SMILES string of the molecule is CCCNC(=O)Cc1c(C)c2n(c1-c1ccccc1)Cc1ccccc1C2. The normalized spacial score (nSPS) is 12.4. The number of fused-ring (bicyclic) bond motifs is 2. The molecule has 3 nitrogen and oxygen atoms in total. The molecular formula is C24H26N2O. The van der Waals surface area contributed by atoms with Crippen molar-refractivity contribution in [1.82, 2.24) is 9.88 Å². The van der Waals surface area contributed by atoms with Crippen LogP contribution >= 0.6 is 0 Å². The first-order valence-corrected chi connectivity index (χ1v) is 9.78. The zero-order valence-corrected chi connectivity index (χ0v) is 16.1. The summed E-state index contributed by atoms with van der Waals surface area (Å²) in [7, 11) is 0. The molecule has 27 heavy (non-hydrogen) atoms. The van der Waals surface area contributed by atoms with Crippen LogP contribution in [0.5, 0.6) is 0 Å². The fraction of sp³-hybridized carbons (Fsp3) is 0.292. The van der Waals surface area contributed by atoms with Gasteiger partial charge in [-0.3, -0.25) is 4.79 Å². The van der Waals surface area contributed by atoms with Crippen LogP contribution in [0.25, 0.3) is 11.3 Å². The van der Waals surface area contributed by atoms with Crippen molar-refractivity contribution in [2.75, 3.05) is 6.54 Å². The third kappa shape index (κ3) is 3.30. The highest BCUT2D eigenvalue weighted by Crippen LogP contribution is 2.36. The van der Waals surface area contributed by atoms with Crippen molar-refractivity contribution < 1.29 is 4.79 Å². The van der Waals surface area contributed by atoms with Gasteiger partial charge < -0.3 is 9.88 Å². The lowest BCUT2D eigenvalue weighted by Gasteiger charge is -2.22. The molecule has 0 unspecified atom stereocenters. The monoisotopic (exact) mass is 358 g/mol. The number of nitrogens with zero attached hydrogens (tertiary/aromatic N) is 1. The third-order valence-electron chi connectivity index (χ3n) is 5.53. The molecule has 2 heterocycles. The van der Waals surface area contributed by atoms with E-state index in [9.17, 15) is 4.79 Å². The highest BCUT2D eigenvalue weighted by atomic mass is 16.1. The molecule has 0 saturated carbocycles. The molecular weight excluding hydrogens is 332 g/mol. The van der Waals surface area contributed by atoms with Crippen molar-refractivity contribution in [3.63, 3.8) is 0 Å². The Kier molecular flexibility index (Phi) is 4.85. The van der Waals surface area contributed by atoms with Gasteiger partial charge in [0.15, 0.2) is 0 Å². The molecule has 4 rings (SSSR count). The lowest BCUT2D eigenvalue weighted by molar-refractivity contribution is -0.120. The molecule has 0 atom stereocenters. The number of carbonyl (C=O) groups excluding carboxylic acids is 1. The first kappa shape index (κ1) is 17.6. The van der Waals surface area contributed by atoms with Crippen LogP contribution in [0.3, 0.4) is 0 Å². The van der Waals surface area contributed by atoms with Gasteiger partial charge in [0.05, 0.1) is 12.1 Å². The van der Waals surface area contributed by atoms with Crippen molar-refractivity contribution in [3.05, 3.63) is 82.5 Å². The molecule has 3 aromatic rings. The lowest BCUT2D eigenvalue weighted by Crippen LogP contribution is -2.26. The van der Waals surface area contributed by atoms with E-state index in [1.54, 1.807) is 0 Å². The van der Waals surface area contributed by atoms with Crippen molar-refractivity contribution in [3.8, 4) is 11.3 Å². The van der Waals surface area contributed by atoms with Gasteiger partial charge in [-0.2, -0.15) is 0 Å². The molecule has 2 aromatic carbocycles. The second-order valence-corrected chi connectivity index (χ2v) is 7.32. The Bertz CT molecular complexity index is 970. The van der Waals surface area contributed by atoms with Gasteiger partial charge in [-0.05, 0) is 41.2 Å². The fourth-order valence-electron chi connectivity index (χ4n) is 4.12. The molecule has 1 amide bonds. The Morgan fingerprint density at radius 2 is 1.74 bits per heavy atom. The van der Waals surface area contributed by atoms with Crippen LogP contribution in [-0.2, 0) is 24.2 Å². The summed E-state index contributed by atoms with van der Waals surface area (Å²) in [5.74, 6) is 0.109. The van der Waals surface area contributed by atoms with E-state index in [0.29, 0.717) is 6.42 Å². The molecule has 138 valence electrons. The van der Waals surface area contributed by atoms with Gasteiger partial charge in [0, 0.05) is 25.2 Å². The van der Waals surface area contributed by atoms with Crippen molar-refractivity contribution >= 4 is 5.91 Å². The van der Waals surface area contributed by atoms with Crippen LogP contribution in [0.15, 0.2) is 54.6 Å². The Morgan fingerprint density at radius 1 is 1.04 bits per heavy atom. The van der Waals surface area contributed by atoms with E-state index in [1.807, 2.05) is 6.07 Å². The van der Waals surface area contributed by atoms with E-state index in [4.69, 9.17) is 0 Å². The van der Waals surface area contributed by atoms with E-state index in [0.717, 1.165) is 31.5 Å². The minimum atomic E-state index is 0.109. The summed E-state index contributed by atoms with van der Waals surface area (Å²) >= 11 is 0. The summed E-state index contributed by atoms with van der Waals surface area (Å²) in [5.41, 5.74) is 8.92. The Balaban J connectivity index is 1.82. The maximum absolute atomic E-state index is 12.5. The number of aromatic nitrogens is 1. The minimum Gasteiger partial charge on any atom is -0.356 e. The van der Waals surface area contributed by atoms with Gasteiger partial charge in [0.25, 0.3) is 0 Å². The molecule has 0 radical (unpaired) electrons. The summed E-state index contributed by atoms with van der Waals surface area (Å²) in [6.07, 6.45) is 2.32. The summed E-state index contributed by atoms with van der Waals surface area (Å²) in [6.45, 7) is 5.86. The first-order chi connectivity index (χ1) is 13.2. The third-order valence-corrected chi connectivity index (χ3v) is 5.53. The molecule has 0 fully saturated rings. The molecule has 0 bridgehead atoms. The smallest absolute Gasteiger partial charge is 0.224 e. The highest BCUT2D eigenvalue weighted by molar-refractivity contribution is 5.83. The molecule has 1 N–H and O–H groups in total. The second-order valence-electron chi connectivity index (χ2n) is 7.32. The number of carbonyl (C=O) groups is 1. The Hall–Kier alpha value is -2.81. The average molecular weight is 358 g/mol. The summed E-state index contributed by atoms with van der Waals surface area (Å²) < 4.78 is 2.43. The van der Waals surface area contributed by atoms with Gasteiger partial charge in [0.2, 0.25) is 5.91 Å². The molecule has 3 heteroatoms. The van der Waals surface area contributed by atoms with Crippen LogP contribution in [0.2, 0.25) is 0 Å². The van der Waals surface area contributed by atoms with Gasteiger partial charge in [-0.1, -0.05) is 61.5 Å². The molecule has 1 aromatic heterocycles. The summed E-state index contributed by atoms with van der Waals surface area (Å²) in [6, 6.07) is 19.2. The maximum atomic E-state index is 12.5. The summed E-state index contributed by atoms with van der Waals surface area (Å²) in [5, 5.41) is 3.04. The van der Waals surface area contributed by atoms with Crippen LogP contribution in [0.1, 0.15) is 41.3 Å². The second kappa shape index (κ2) is 7.43. The van der Waals surface area contributed by atoms with Gasteiger partial charge in [0.1, 0.15) is 0 Å². The summed E-state index contributed by atoms with van der Waals surface area (Å²) in [4.78, 5) is 12.5. The number of amides is 1. The molecule has 0 spiro atoms. The van der Waals surface area contributed by atoms with Crippen molar-refractivity contribution in [1.29, 1.82) is 0 Å². The predicted octanol–water partition coefficient (Wildman–Crippen LogP) is 4.48. The highest BCUT2D eigenvalue weighted by Gasteiger charge is 2.26. The van der Waals surface area contributed by atoms with E-state index in [-0.39, 0.29) is 5.91 Å². The first-order valence-electron chi connectivity index (χ1n) is 9.78. The molecule has 1 aliphatic rings. The molecule has 1 aliphatic heterocycles. The molecule has 0 saturated heterocycles. The van der Waals surface area contributed by atoms with E-state index in [2.05, 4.69) is 72.3 Å². The topological polar surface area (TPSA) is 34.0 Å². The average Bonchev–Trinajstić information content (AvgIpc) is 2.96. The van der Waals surface area contributed by atoms with Crippen LogP contribution in [0, 0.1) is 6.92 Å². The Labute approximate surface area is 161 Å².